The Kier molecular flexibility index (Phi) is 3.89. The molecule has 0 saturated carbocycles. The zero-order valence-corrected chi connectivity index (χ0v) is 8.57. The molecule has 0 bridgehead atoms. The maximum absolute atomic E-state index is 4.09. The zero-order chi connectivity index (χ0) is 9.68. The van der Waals surface area contributed by atoms with Crippen molar-refractivity contribution < 1.29 is 0 Å². The number of hydrogen-bond donors (Lipinski definition) is 1. The second-order valence-electron chi connectivity index (χ2n) is 3.62. The van der Waals surface area contributed by atoms with Gasteiger partial charge in [-0.1, -0.05) is 13.8 Å². The third-order valence-electron chi connectivity index (χ3n) is 2.00. The number of nitrogens with one attached hydrogen (secondary N) is 1. The Hall–Kier alpha value is -0.900. The van der Waals surface area contributed by atoms with Gasteiger partial charge in [0.15, 0.2) is 0 Å². The van der Waals surface area contributed by atoms with Crippen LogP contribution >= 0.6 is 0 Å². The van der Waals surface area contributed by atoms with Gasteiger partial charge >= 0.3 is 0 Å². The fraction of sp³-hybridized carbons (Fsp3) is 0.778. The topological polar surface area (TPSA) is 42.7 Å². The second-order valence-corrected chi connectivity index (χ2v) is 3.62. The molecule has 1 atom stereocenters. The minimum absolute atomic E-state index is 0.425. The fourth-order valence-electron chi connectivity index (χ4n) is 1.16. The Bertz CT molecular complexity index is 218. The number of aromatic nitrogens is 3. The first-order valence-electron chi connectivity index (χ1n) is 4.77. The Morgan fingerprint density at radius 2 is 2.15 bits per heavy atom. The molecule has 4 heteroatoms. The van der Waals surface area contributed by atoms with Crippen molar-refractivity contribution in [3.05, 3.63) is 12.7 Å². The highest BCUT2D eigenvalue weighted by molar-refractivity contribution is 4.66. The molecule has 0 saturated heterocycles. The van der Waals surface area contributed by atoms with Crippen molar-refractivity contribution >= 4 is 0 Å². The maximum atomic E-state index is 4.09. The first kappa shape index (κ1) is 10.2. The Balaban J connectivity index is 2.22. The van der Waals surface area contributed by atoms with E-state index in [0.717, 1.165) is 13.0 Å². The molecular weight excluding hydrogens is 164 g/mol. The first-order valence-corrected chi connectivity index (χ1v) is 4.77. The van der Waals surface area contributed by atoms with Crippen molar-refractivity contribution in [2.24, 2.45) is 0 Å². The van der Waals surface area contributed by atoms with Crippen molar-refractivity contribution in [1.82, 2.24) is 20.1 Å². The lowest BCUT2D eigenvalue weighted by molar-refractivity contribution is 0.432. The van der Waals surface area contributed by atoms with E-state index in [1.54, 1.807) is 12.7 Å². The molecule has 1 heterocycles. The van der Waals surface area contributed by atoms with Crippen LogP contribution in [0.5, 0.6) is 0 Å². The van der Waals surface area contributed by atoms with Gasteiger partial charge in [0.25, 0.3) is 0 Å². The zero-order valence-electron chi connectivity index (χ0n) is 8.57. The van der Waals surface area contributed by atoms with Crippen LogP contribution < -0.4 is 5.32 Å². The van der Waals surface area contributed by atoms with E-state index in [4.69, 9.17) is 0 Å². The molecule has 1 aromatic heterocycles. The monoisotopic (exact) mass is 182 g/mol. The predicted molar refractivity (Wildman–Crippen MR) is 52.5 cm³/mol. The van der Waals surface area contributed by atoms with Crippen LogP contribution in [0.1, 0.15) is 33.2 Å². The molecule has 1 unspecified atom stereocenters. The largest absolute Gasteiger partial charge is 0.314 e. The van der Waals surface area contributed by atoms with Crippen LogP contribution in [0.4, 0.5) is 0 Å². The molecular formula is C9H18N4. The molecule has 1 N–H and O–H groups in total. The molecule has 0 spiro atoms. The van der Waals surface area contributed by atoms with Crippen LogP contribution in [-0.2, 0) is 0 Å². The molecule has 13 heavy (non-hydrogen) atoms. The molecule has 4 nitrogen and oxygen atoms in total. The van der Waals surface area contributed by atoms with Crippen molar-refractivity contribution in [2.75, 3.05) is 6.54 Å². The highest BCUT2D eigenvalue weighted by Gasteiger charge is 2.04. The van der Waals surface area contributed by atoms with Crippen molar-refractivity contribution in [1.29, 1.82) is 0 Å². The Morgan fingerprint density at radius 1 is 1.38 bits per heavy atom. The minimum atomic E-state index is 0.425. The van der Waals surface area contributed by atoms with Gasteiger partial charge in [0, 0.05) is 6.04 Å². The second kappa shape index (κ2) is 4.97. The molecule has 0 amide bonds. The molecule has 1 aromatic rings. The van der Waals surface area contributed by atoms with Crippen LogP contribution in [0.3, 0.4) is 0 Å². The number of nitrogens with zero attached hydrogens (tertiary/aromatic N) is 3. The molecule has 1 rings (SSSR count). The van der Waals surface area contributed by atoms with Gasteiger partial charge in [-0.05, 0) is 19.9 Å². The number of hydrogen-bond acceptors (Lipinski definition) is 3. The van der Waals surface area contributed by atoms with Gasteiger partial charge in [0.1, 0.15) is 12.7 Å². The highest BCUT2D eigenvalue weighted by Crippen LogP contribution is 2.05. The summed E-state index contributed by atoms with van der Waals surface area (Å²) in [7, 11) is 0. The predicted octanol–water partition coefficient (Wildman–Crippen LogP) is 1.23. The van der Waals surface area contributed by atoms with E-state index in [-0.39, 0.29) is 0 Å². The molecule has 0 aliphatic rings. The van der Waals surface area contributed by atoms with Crippen LogP contribution in [0.15, 0.2) is 12.7 Å². The summed E-state index contributed by atoms with van der Waals surface area (Å²) in [5.74, 6) is 0. The van der Waals surface area contributed by atoms with Gasteiger partial charge in [0.2, 0.25) is 0 Å². The summed E-state index contributed by atoms with van der Waals surface area (Å²) in [6.45, 7) is 7.48. The summed E-state index contributed by atoms with van der Waals surface area (Å²) < 4.78 is 1.89. The molecule has 0 aliphatic heterocycles. The number of rotatable bonds is 5. The van der Waals surface area contributed by atoms with E-state index < -0.39 is 0 Å². The van der Waals surface area contributed by atoms with Crippen molar-refractivity contribution in [3.63, 3.8) is 0 Å². The van der Waals surface area contributed by atoms with Gasteiger partial charge in [-0.15, -0.1) is 0 Å². The lowest BCUT2D eigenvalue weighted by atomic mass is 10.2. The SMILES string of the molecule is CC(C)NCCC(C)n1cncn1. The van der Waals surface area contributed by atoms with E-state index in [0.29, 0.717) is 12.1 Å². The van der Waals surface area contributed by atoms with E-state index in [1.807, 2.05) is 4.68 Å². The summed E-state index contributed by atoms with van der Waals surface area (Å²) in [5.41, 5.74) is 0. The normalized spacial score (nSPS) is 13.5. The third kappa shape index (κ3) is 3.55. The van der Waals surface area contributed by atoms with Crippen molar-refractivity contribution in [3.8, 4) is 0 Å². The smallest absolute Gasteiger partial charge is 0.137 e. The van der Waals surface area contributed by atoms with Crippen LogP contribution in [-0.4, -0.2) is 27.4 Å². The average Bonchev–Trinajstić information content (AvgIpc) is 2.55. The Labute approximate surface area is 79.4 Å². The summed E-state index contributed by atoms with van der Waals surface area (Å²) >= 11 is 0. The van der Waals surface area contributed by atoms with Crippen LogP contribution in [0.2, 0.25) is 0 Å². The Morgan fingerprint density at radius 3 is 2.69 bits per heavy atom. The molecule has 74 valence electrons. The molecule has 0 radical (unpaired) electrons. The van der Waals surface area contributed by atoms with E-state index in [2.05, 4.69) is 36.2 Å². The summed E-state index contributed by atoms with van der Waals surface area (Å²) in [5, 5.41) is 7.47. The molecule has 0 aromatic carbocycles. The minimum Gasteiger partial charge on any atom is -0.314 e. The van der Waals surface area contributed by atoms with Gasteiger partial charge < -0.3 is 5.32 Å². The molecule has 0 aliphatic carbocycles. The van der Waals surface area contributed by atoms with Crippen molar-refractivity contribution in [2.45, 2.75) is 39.3 Å². The summed E-state index contributed by atoms with van der Waals surface area (Å²) in [6, 6.07) is 0.983. The highest BCUT2D eigenvalue weighted by atomic mass is 15.3. The quantitative estimate of drug-likeness (QED) is 0.744. The van der Waals surface area contributed by atoms with Crippen LogP contribution in [0.25, 0.3) is 0 Å². The van der Waals surface area contributed by atoms with Gasteiger partial charge in [-0.2, -0.15) is 5.10 Å². The molecule has 0 fully saturated rings. The summed E-state index contributed by atoms with van der Waals surface area (Å²) in [6.07, 6.45) is 4.42. The lowest BCUT2D eigenvalue weighted by Gasteiger charge is -2.13. The lowest BCUT2D eigenvalue weighted by Crippen LogP contribution is -2.25. The van der Waals surface area contributed by atoms with E-state index >= 15 is 0 Å². The van der Waals surface area contributed by atoms with Gasteiger partial charge in [0.05, 0.1) is 6.04 Å². The third-order valence-corrected chi connectivity index (χ3v) is 2.00. The van der Waals surface area contributed by atoms with Crippen LogP contribution in [0, 0.1) is 0 Å². The fourth-order valence-corrected chi connectivity index (χ4v) is 1.16. The van der Waals surface area contributed by atoms with Gasteiger partial charge in [-0.25, -0.2) is 4.98 Å². The van der Waals surface area contributed by atoms with E-state index in [1.165, 1.54) is 0 Å². The average molecular weight is 182 g/mol. The van der Waals surface area contributed by atoms with E-state index in [9.17, 15) is 0 Å². The maximum Gasteiger partial charge on any atom is 0.137 e. The standard InChI is InChI=1S/C9H18N4/c1-8(2)11-5-4-9(3)13-7-10-6-12-13/h6-9,11H,4-5H2,1-3H3. The first-order chi connectivity index (χ1) is 6.20. The van der Waals surface area contributed by atoms with Gasteiger partial charge in [-0.3, -0.25) is 4.68 Å². The summed E-state index contributed by atoms with van der Waals surface area (Å²) in [4.78, 5) is 3.92.